The summed E-state index contributed by atoms with van der Waals surface area (Å²) in [5, 5.41) is -0.342. The number of amides is 1. The average Bonchev–Trinajstić information content (AvgIpc) is 3.34. The molecule has 214 valence electrons. The number of nitrogens with zero attached hydrogens (tertiary/aromatic N) is 4. The summed E-state index contributed by atoms with van der Waals surface area (Å²) in [6, 6.07) is 21.3. The number of carbonyl (C=O) groups is 1. The van der Waals surface area contributed by atoms with Crippen LogP contribution >= 0.6 is 0 Å². The number of hydrogen-bond acceptors (Lipinski definition) is 9. The average molecular weight is 575 g/mol. The SMILES string of the molecule is CC(C)Oc1ccc(-c2ccc(C(=O)NS(=O)(=O)c3cccc(N)n3)c(N3CCC(c4ccccc4)C3C)n2)cn1.[HH]. The van der Waals surface area contributed by atoms with Crippen LogP contribution in [0.1, 0.15) is 50.5 Å². The minimum Gasteiger partial charge on any atom is -0.475 e. The molecule has 0 bridgehead atoms. The van der Waals surface area contributed by atoms with Gasteiger partial charge in [-0.2, -0.15) is 8.42 Å². The van der Waals surface area contributed by atoms with E-state index >= 15 is 0 Å². The van der Waals surface area contributed by atoms with Gasteiger partial charge in [-0.05, 0) is 63.1 Å². The zero-order chi connectivity index (χ0) is 29.1. The molecule has 2 unspecified atom stereocenters. The Labute approximate surface area is 241 Å². The molecule has 3 N–H and O–H groups in total. The normalized spacial score (nSPS) is 17.0. The molecule has 3 aromatic heterocycles. The van der Waals surface area contributed by atoms with Crippen LogP contribution in [0.4, 0.5) is 11.6 Å². The first-order valence-electron chi connectivity index (χ1n) is 13.4. The van der Waals surface area contributed by atoms with E-state index in [0.717, 1.165) is 12.0 Å². The smallest absolute Gasteiger partial charge is 0.281 e. The van der Waals surface area contributed by atoms with E-state index in [4.69, 9.17) is 15.5 Å². The minimum absolute atomic E-state index is 0. The Bertz CT molecular complexity index is 1650. The summed E-state index contributed by atoms with van der Waals surface area (Å²) in [4.78, 5) is 28.7. The molecule has 2 atom stereocenters. The number of anilines is 2. The van der Waals surface area contributed by atoms with E-state index < -0.39 is 15.9 Å². The number of carbonyl (C=O) groups excluding carboxylic acids is 1. The highest BCUT2D eigenvalue weighted by atomic mass is 32.2. The Morgan fingerprint density at radius 2 is 1.83 bits per heavy atom. The predicted octanol–water partition coefficient (Wildman–Crippen LogP) is 4.66. The van der Waals surface area contributed by atoms with Gasteiger partial charge in [-0.1, -0.05) is 36.4 Å². The Balaban J connectivity index is 0.00000405. The van der Waals surface area contributed by atoms with Gasteiger partial charge in [0.1, 0.15) is 11.6 Å². The van der Waals surface area contributed by atoms with Crippen molar-refractivity contribution in [3.63, 3.8) is 0 Å². The lowest BCUT2D eigenvalue weighted by molar-refractivity contribution is 0.0981. The van der Waals surface area contributed by atoms with E-state index in [0.29, 0.717) is 23.9 Å². The van der Waals surface area contributed by atoms with Gasteiger partial charge in [0, 0.05) is 37.8 Å². The summed E-state index contributed by atoms with van der Waals surface area (Å²) in [5.74, 6) is 0.330. The molecule has 4 aromatic rings. The number of rotatable bonds is 8. The largest absolute Gasteiger partial charge is 0.475 e. The van der Waals surface area contributed by atoms with E-state index in [2.05, 4.69) is 38.6 Å². The molecule has 0 spiro atoms. The summed E-state index contributed by atoms with van der Waals surface area (Å²) < 4.78 is 33.8. The third-order valence-corrected chi connectivity index (χ3v) is 8.24. The van der Waals surface area contributed by atoms with Crippen molar-refractivity contribution in [2.75, 3.05) is 17.2 Å². The zero-order valence-corrected chi connectivity index (χ0v) is 23.9. The summed E-state index contributed by atoms with van der Waals surface area (Å²) >= 11 is 0. The number of hydrogen-bond donors (Lipinski definition) is 2. The van der Waals surface area contributed by atoms with Crippen LogP contribution in [0, 0.1) is 0 Å². The van der Waals surface area contributed by atoms with E-state index in [-0.39, 0.29) is 35.9 Å². The number of sulfonamides is 1. The maximum Gasteiger partial charge on any atom is 0.281 e. The Morgan fingerprint density at radius 3 is 2.51 bits per heavy atom. The van der Waals surface area contributed by atoms with Crippen molar-refractivity contribution in [1.29, 1.82) is 0 Å². The second-order valence-electron chi connectivity index (χ2n) is 10.2. The first-order valence-corrected chi connectivity index (χ1v) is 14.9. The van der Waals surface area contributed by atoms with Crippen LogP contribution in [-0.2, 0) is 10.0 Å². The molecule has 1 fully saturated rings. The van der Waals surface area contributed by atoms with E-state index in [1.807, 2.05) is 38.1 Å². The van der Waals surface area contributed by atoms with Crippen LogP contribution in [0.2, 0.25) is 0 Å². The van der Waals surface area contributed by atoms with Gasteiger partial charge in [0.2, 0.25) is 5.88 Å². The van der Waals surface area contributed by atoms with Crippen molar-refractivity contribution in [3.05, 3.63) is 90.1 Å². The molecule has 1 aromatic carbocycles. The van der Waals surface area contributed by atoms with E-state index in [9.17, 15) is 13.2 Å². The topological polar surface area (TPSA) is 140 Å². The summed E-state index contributed by atoms with van der Waals surface area (Å²) in [6.45, 7) is 6.58. The number of benzene rings is 1. The monoisotopic (exact) mass is 574 g/mol. The second-order valence-corrected chi connectivity index (χ2v) is 11.8. The van der Waals surface area contributed by atoms with Gasteiger partial charge < -0.3 is 15.4 Å². The van der Waals surface area contributed by atoms with Crippen molar-refractivity contribution in [3.8, 4) is 17.1 Å². The highest BCUT2D eigenvalue weighted by Crippen LogP contribution is 2.38. The van der Waals surface area contributed by atoms with Crippen molar-refractivity contribution < 1.29 is 19.4 Å². The predicted molar refractivity (Wildman–Crippen MR) is 159 cm³/mol. The molecule has 1 amide bonds. The molecule has 11 heteroatoms. The quantitative estimate of drug-likeness (QED) is 0.307. The molecule has 1 aliphatic heterocycles. The van der Waals surface area contributed by atoms with Crippen molar-refractivity contribution in [2.45, 2.75) is 50.3 Å². The molecule has 5 rings (SSSR count). The summed E-state index contributed by atoms with van der Waals surface area (Å²) in [6.07, 6.45) is 2.51. The van der Waals surface area contributed by atoms with Gasteiger partial charge in [0.25, 0.3) is 15.9 Å². The van der Waals surface area contributed by atoms with E-state index in [1.165, 1.54) is 23.8 Å². The van der Waals surface area contributed by atoms with Gasteiger partial charge in [-0.25, -0.2) is 19.7 Å². The molecule has 0 aliphatic carbocycles. The van der Waals surface area contributed by atoms with Gasteiger partial charge in [0.05, 0.1) is 17.4 Å². The minimum atomic E-state index is -4.28. The second kappa shape index (κ2) is 11.5. The van der Waals surface area contributed by atoms with Crippen molar-refractivity contribution >= 4 is 27.6 Å². The molecule has 4 heterocycles. The number of pyridine rings is 3. The van der Waals surface area contributed by atoms with Gasteiger partial charge in [-0.3, -0.25) is 4.79 Å². The highest BCUT2D eigenvalue weighted by Gasteiger charge is 2.35. The van der Waals surface area contributed by atoms with Crippen LogP contribution in [0.25, 0.3) is 11.3 Å². The van der Waals surface area contributed by atoms with Gasteiger partial charge >= 0.3 is 0 Å². The standard InChI is InChI=1S/C30H32N6O4S.H2/c1-19(2)40-27-15-12-22(18-32-27)25-14-13-24(30(37)35-41(38,39)28-11-7-10-26(31)34-28)29(33-25)36-17-16-23(20(36)3)21-8-5-4-6-9-21;/h4-15,18-20,23H,16-17H2,1-3H3,(H2,31,34)(H,35,37);1H. The Morgan fingerprint density at radius 1 is 1.05 bits per heavy atom. The first-order chi connectivity index (χ1) is 19.6. The lowest BCUT2D eigenvalue weighted by atomic mass is 9.93. The van der Waals surface area contributed by atoms with Crippen LogP contribution in [0.5, 0.6) is 5.88 Å². The number of nitrogen functional groups attached to an aromatic ring is 1. The third-order valence-electron chi connectivity index (χ3n) is 7.01. The van der Waals surface area contributed by atoms with Crippen LogP contribution < -0.4 is 20.1 Å². The maximum absolute atomic E-state index is 13.5. The molecular formula is C30H34N6O4S. The Hall–Kier alpha value is -4.51. The fourth-order valence-electron chi connectivity index (χ4n) is 5.04. The first kappa shape index (κ1) is 28.0. The Kier molecular flexibility index (Phi) is 7.89. The van der Waals surface area contributed by atoms with Crippen molar-refractivity contribution in [1.82, 2.24) is 19.7 Å². The third kappa shape index (κ3) is 6.14. The molecule has 0 radical (unpaired) electrons. The maximum atomic E-state index is 13.5. The molecule has 10 nitrogen and oxygen atoms in total. The zero-order valence-electron chi connectivity index (χ0n) is 23.1. The lowest BCUT2D eigenvalue weighted by Crippen LogP contribution is -2.35. The number of ether oxygens (including phenoxy) is 1. The van der Waals surface area contributed by atoms with Crippen LogP contribution in [0.3, 0.4) is 0 Å². The number of nitrogens with one attached hydrogen (secondary N) is 1. The fourth-order valence-corrected chi connectivity index (χ4v) is 5.98. The summed E-state index contributed by atoms with van der Waals surface area (Å²) in [5.41, 5.74) is 8.33. The fraction of sp³-hybridized carbons (Fsp3) is 0.267. The molecule has 1 aliphatic rings. The number of aromatic nitrogens is 3. The molecule has 1 saturated heterocycles. The van der Waals surface area contributed by atoms with Gasteiger partial charge in [0.15, 0.2) is 5.03 Å². The number of nitrogens with two attached hydrogens (primary N) is 1. The van der Waals surface area contributed by atoms with Crippen molar-refractivity contribution in [2.24, 2.45) is 0 Å². The van der Waals surface area contributed by atoms with Gasteiger partial charge in [-0.15, -0.1) is 0 Å². The molecule has 0 saturated carbocycles. The molecular weight excluding hydrogens is 540 g/mol. The lowest BCUT2D eigenvalue weighted by Gasteiger charge is -2.28. The van der Waals surface area contributed by atoms with E-state index in [1.54, 1.807) is 24.4 Å². The van der Waals surface area contributed by atoms with Crippen LogP contribution in [-0.4, -0.2) is 48.0 Å². The highest BCUT2D eigenvalue weighted by molar-refractivity contribution is 7.90. The van der Waals surface area contributed by atoms with Crippen LogP contribution in [0.15, 0.2) is 84.0 Å². The molecule has 41 heavy (non-hydrogen) atoms. The summed E-state index contributed by atoms with van der Waals surface area (Å²) in [7, 11) is -4.28.